The third-order valence-corrected chi connectivity index (χ3v) is 3.78. The highest BCUT2D eigenvalue weighted by Crippen LogP contribution is 2.36. The third-order valence-electron chi connectivity index (χ3n) is 2.67. The van der Waals surface area contributed by atoms with Gasteiger partial charge in [0.15, 0.2) is 0 Å². The van der Waals surface area contributed by atoms with Crippen LogP contribution < -0.4 is 5.73 Å². The maximum absolute atomic E-state index is 10.9. The van der Waals surface area contributed by atoms with E-state index in [9.17, 15) is 4.79 Å². The maximum Gasteiger partial charge on any atom is 0.335 e. The van der Waals surface area contributed by atoms with Crippen LogP contribution >= 0.6 is 11.8 Å². The molecule has 2 rings (SSSR count). The number of carboxylic acids is 1. The zero-order chi connectivity index (χ0) is 11.0. The molecule has 1 aromatic carbocycles. The van der Waals surface area contributed by atoms with Crippen molar-refractivity contribution in [3.63, 3.8) is 0 Å². The largest absolute Gasteiger partial charge is 0.478 e. The summed E-state index contributed by atoms with van der Waals surface area (Å²) in [5, 5.41) is 8.99. The first-order chi connectivity index (χ1) is 7.09. The molecule has 0 aliphatic carbocycles. The first-order valence-corrected chi connectivity index (χ1v) is 5.84. The Morgan fingerprint density at radius 1 is 1.60 bits per heavy atom. The molecule has 80 valence electrons. The first-order valence-electron chi connectivity index (χ1n) is 4.86. The van der Waals surface area contributed by atoms with Crippen LogP contribution in [0.2, 0.25) is 0 Å². The number of carbonyl (C=O) groups is 1. The smallest absolute Gasteiger partial charge is 0.335 e. The van der Waals surface area contributed by atoms with Gasteiger partial charge in [0.05, 0.1) is 5.56 Å². The Hall–Kier alpha value is -1.00. The van der Waals surface area contributed by atoms with E-state index in [4.69, 9.17) is 10.8 Å². The number of hydrogen-bond acceptors (Lipinski definition) is 3. The SMILES string of the molecule is Cc1cc2c(cc1C(=O)O)SCCC2N. The number of benzene rings is 1. The van der Waals surface area contributed by atoms with Gasteiger partial charge in [-0.15, -0.1) is 11.8 Å². The van der Waals surface area contributed by atoms with Gasteiger partial charge >= 0.3 is 5.97 Å². The average molecular weight is 223 g/mol. The molecule has 0 amide bonds. The predicted octanol–water partition coefficient (Wildman–Crippen LogP) is 2.19. The first kappa shape index (κ1) is 10.5. The van der Waals surface area contributed by atoms with Gasteiger partial charge in [0.25, 0.3) is 0 Å². The normalized spacial score (nSPS) is 19.7. The van der Waals surface area contributed by atoms with Gasteiger partial charge in [-0.1, -0.05) is 6.07 Å². The molecule has 1 atom stereocenters. The summed E-state index contributed by atoms with van der Waals surface area (Å²) in [6.07, 6.45) is 0.962. The lowest BCUT2D eigenvalue weighted by Gasteiger charge is -2.22. The highest BCUT2D eigenvalue weighted by atomic mass is 32.2. The number of hydrogen-bond donors (Lipinski definition) is 2. The van der Waals surface area contributed by atoms with Crippen LogP contribution in [-0.4, -0.2) is 16.8 Å². The molecule has 4 heteroatoms. The van der Waals surface area contributed by atoms with Gasteiger partial charge in [0.2, 0.25) is 0 Å². The van der Waals surface area contributed by atoms with Gasteiger partial charge in [-0.2, -0.15) is 0 Å². The van der Waals surface area contributed by atoms with Crippen LogP contribution in [0.3, 0.4) is 0 Å². The van der Waals surface area contributed by atoms with Crippen LogP contribution in [0, 0.1) is 6.92 Å². The van der Waals surface area contributed by atoms with Crippen molar-refractivity contribution in [3.8, 4) is 0 Å². The molecule has 1 aliphatic rings. The van der Waals surface area contributed by atoms with E-state index >= 15 is 0 Å². The molecule has 15 heavy (non-hydrogen) atoms. The molecule has 1 heterocycles. The minimum atomic E-state index is -0.866. The fourth-order valence-electron chi connectivity index (χ4n) is 1.81. The van der Waals surface area contributed by atoms with Crippen molar-refractivity contribution in [3.05, 3.63) is 28.8 Å². The molecule has 0 bridgehead atoms. The second kappa shape index (κ2) is 3.87. The van der Waals surface area contributed by atoms with Crippen LogP contribution in [0.5, 0.6) is 0 Å². The molecule has 0 radical (unpaired) electrons. The van der Waals surface area contributed by atoms with Crippen molar-refractivity contribution in [2.45, 2.75) is 24.3 Å². The molecular formula is C11H13NO2S. The highest BCUT2D eigenvalue weighted by molar-refractivity contribution is 7.99. The quantitative estimate of drug-likeness (QED) is 0.766. The van der Waals surface area contributed by atoms with E-state index in [2.05, 4.69) is 0 Å². The zero-order valence-corrected chi connectivity index (χ0v) is 9.30. The van der Waals surface area contributed by atoms with Crippen molar-refractivity contribution in [1.29, 1.82) is 0 Å². The van der Waals surface area contributed by atoms with E-state index in [1.807, 2.05) is 13.0 Å². The average Bonchev–Trinajstić information content (AvgIpc) is 2.18. The highest BCUT2D eigenvalue weighted by Gasteiger charge is 2.20. The number of nitrogens with two attached hydrogens (primary N) is 1. The summed E-state index contributed by atoms with van der Waals surface area (Å²) in [5.74, 6) is 0.103. The van der Waals surface area contributed by atoms with Crippen LogP contribution in [0.1, 0.15) is 33.9 Å². The molecule has 0 spiro atoms. The predicted molar refractivity (Wildman–Crippen MR) is 60.4 cm³/mol. The number of aryl methyl sites for hydroxylation is 1. The topological polar surface area (TPSA) is 63.3 Å². The molecular weight excluding hydrogens is 210 g/mol. The van der Waals surface area contributed by atoms with Crippen LogP contribution in [0.4, 0.5) is 0 Å². The number of thioether (sulfide) groups is 1. The fourth-order valence-corrected chi connectivity index (χ4v) is 2.98. The van der Waals surface area contributed by atoms with Crippen LogP contribution in [0.15, 0.2) is 17.0 Å². The van der Waals surface area contributed by atoms with Crippen molar-refractivity contribution in [1.82, 2.24) is 0 Å². The number of carboxylic acid groups (broad SMARTS) is 1. The molecule has 0 fully saturated rings. The Morgan fingerprint density at radius 2 is 2.33 bits per heavy atom. The lowest BCUT2D eigenvalue weighted by molar-refractivity contribution is 0.0696. The Morgan fingerprint density at radius 3 is 3.00 bits per heavy atom. The van der Waals surface area contributed by atoms with E-state index in [0.29, 0.717) is 5.56 Å². The van der Waals surface area contributed by atoms with Crippen LogP contribution in [0.25, 0.3) is 0 Å². The number of fused-ring (bicyclic) bond motifs is 1. The molecule has 0 aromatic heterocycles. The fraction of sp³-hybridized carbons (Fsp3) is 0.364. The van der Waals surface area contributed by atoms with E-state index in [-0.39, 0.29) is 6.04 Å². The molecule has 1 aliphatic heterocycles. The van der Waals surface area contributed by atoms with E-state index in [0.717, 1.165) is 28.2 Å². The molecule has 3 nitrogen and oxygen atoms in total. The Bertz CT molecular complexity index is 417. The van der Waals surface area contributed by atoms with Crippen molar-refractivity contribution in [2.24, 2.45) is 5.73 Å². The molecule has 3 N–H and O–H groups in total. The van der Waals surface area contributed by atoms with Gasteiger partial charge in [0.1, 0.15) is 0 Å². The van der Waals surface area contributed by atoms with Gasteiger partial charge < -0.3 is 10.8 Å². The maximum atomic E-state index is 10.9. The van der Waals surface area contributed by atoms with Crippen molar-refractivity contribution >= 4 is 17.7 Å². The second-order valence-corrected chi connectivity index (χ2v) is 4.89. The van der Waals surface area contributed by atoms with Crippen molar-refractivity contribution in [2.75, 3.05) is 5.75 Å². The van der Waals surface area contributed by atoms with Crippen LogP contribution in [-0.2, 0) is 0 Å². The molecule has 0 saturated carbocycles. The number of rotatable bonds is 1. The van der Waals surface area contributed by atoms with Gasteiger partial charge in [-0.3, -0.25) is 0 Å². The Balaban J connectivity index is 2.54. The van der Waals surface area contributed by atoms with E-state index in [1.54, 1.807) is 17.8 Å². The summed E-state index contributed by atoms with van der Waals surface area (Å²) in [5.41, 5.74) is 8.25. The lowest BCUT2D eigenvalue weighted by Crippen LogP contribution is -2.17. The molecule has 0 saturated heterocycles. The summed E-state index contributed by atoms with van der Waals surface area (Å²) >= 11 is 1.69. The van der Waals surface area contributed by atoms with E-state index < -0.39 is 5.97 Å². The van der Waals surface area contributed by atoms with Gasteiger partial charge in [-0.25, -0.2) is 4.79 Å². The van der Waals surface area contributed by atoms with Crippen molar-refractivity contribution < 1.29 is 9.90 Å². The number of aromatic carboxylic acids is 1. The minimum absolute atomic E-state index is 0.0581. The summed E-state index contributed by atoms with van der Waals surface area (Å²) in [6.45, 7) is 1.82. The Kier molecular flexibility index (Phi) is 2.71. The lowest BCUT2D eigenvalue weighted by atomic mass is 9.99. The van der Waals surface area contributed by atoms with Gasteiger partial charge in [0, 0.05) is 10.9 Å². The zero-order valence-electron chi connectivity index (χ0n) is 8.49. The second-order valence-electron chi connectivity index (χ2n) is 3.75. The standard InChI is InChI=1S/C11H13NO2S/c1-6-4-8-9(12)2-3-15-10(8)5-7(6)11(13)14/h4-5,9H,2-3,12H2,1H3,(H,13,14). The molecule has 1 aromatic rings. The summed E-state index contributed by atoms with van der Waals surface area (Å²) in [6, 6.07) is 3.72. The third kappa shape index (κ3) is 1.87. The monoisotopic (exact) mass is 223 g/mol. The molecule has 1 unspecified atom stereocenters. The summed E-state index contributed by atoms with van der Waals surface area (Å²) in [7, 11) is 0. The minimum Gasteiger partial charge on any atom is -0.478 e. The van der Waals surface area contributed by atoms with Gasteiger partial charge in [-0.05, 0) is 36.3 Å². The summed E-state index contributed by atoms with van der Waals surface area (Å²) in [4.78, 5) is 12.0. The summed E-state index contributed by atoms with van der Waals surface area (Å²) < 4.78 is 0. The Labute approximate surface area is 92.7 Å². The van der Waals surface area contributed by atoms with E-state index in [1.165, 1.54) is 0 Å².